The molecule has 0 spiro atoms. The Balaban J connectivity index is 2.49. The van der Waals surface area contributed by atoms with Crippen molar-refractivity contribution in [1.82, 2.24) is 4.98 Å². The molecular formula is C16H11NO4-2. The molecule has 0 N–H and O–H groups in total. The average molecular weight is 281 g/mol. The third-order valence-electron chi connectivity index (χ3n) is 2.89. The van der Waals surface area contributed by atoms with Crippen LogP contribution < -0.4 is 10.2 Å². The first-order valence-corrected chi connectivity index (χ1v) is 6.16. The minimum atomic E-state index is -1.47. The van der Waals surface area contributed by atoms with Crippen LogP contribution >= 0.6 is 0 Å². The van der Waals surface area contributed by atoms with Crippen molar-refractivity contribution in [3.63, 3.8) is 0 Å². The lowest BCUT2D eigenvalue weighted by molar-refractivity contribution is -0.298. The summed E-state index contributed by atoms with van der Waals surface area (Å²) in [5.41, 5.74) is 0.899. The molecule has 0 aliphatic heterocycles. The topological polar surface area (TPSA) is 93.2 Å². The second-order valence-corrected chi connectivity index (χ2v) is 4.42. The molecule has 0 atom stereocenters. The number of rotatable bonds is 4. The molecule has 0 radical (unpaired) electrons. The van der Waals surface area contributed by atoms with E-state index in [-0.39, 0.29) is 11.1 Å². The number of nitrogens with zero attached hydrogens (tertiary/aromatic N) is 1. The smallest absolute Gasteiger partial charge is 0.0718 e. The largest absolute Gasteiger partial charge is 0.545 e. The second-order valence-electron chi connectivity index (χ2n) is 4.42. The maximum absolute atomic E-state index is 11.1. The fraction of sp³-hybridized carbons (Fsp3) is 0.0625. The predicted molar refractivity (Wildman–Crippen MR) is 73.5 cm³/mol. The van der Waals surface area contributed by atoms with E-state index in [2.05, 4.69) is 4.98 Å². The molecule has 5 heteroatoms. The summed E-state index contributed by atoms with van der Waals surface area (Å²) in [5, 5.41) is 22.6. The van der Waals surface area contributed by atoms with Crippen molar-refractivity contribution in [1.29, 1.82) is 0 Å². The van der Waals surface area contributed by atoms with Crippen LogP contribution in [0, 0.1) is 0 Å². The van der Waals surface area contributed by atoms with Crippen LogP contribution in [0.1, 0.15) is 12.6 Å². The highest BCUT2D eigenvalue weighted by Gasteiger charge is 2.04. The summed E-state index contributed by atoms with van der Waals surface area (Å²) in [6, 6.07) is 10.8. The van der Waals surface area contributed by atoms with Gasteiger partial charge < -0.3 is 19.8 Å². The quantitative estimate of drug-likeness (QED) is 0.583. The number of para-hydroxylation sites is 1. The maximum atomic E-state index is 11.1. The van der Waals surface area contributed by atoms with Crippen LogP contribution in [0.25, 0.3) is 17.0 Å². The van der Waals surface area contributed by atoms with Gasteiger partial charge >= 0.3 is 0 Å². The Kier molecular flexibility index (Phi) is 4.13. The molecule has 0 unspecified atom stereocenters. The van der Waals surface area contributed by atoms with Gasteiger partial charge in [-0.15, -0.1) is 0 Å². The molecule has 0 bridgehead atoms. The Morgan fingerprint density at radius 2 is 1.81 bits per heavy atom. The summed E-state index contributed by atoms with van der Waals surface area (Å²) in [5.74, 6) is -2.94. The van der Waals surface area contributed by atoms with E-state index in [1.54, 1.807) is 18.2 Å². The Hall–Kier alpha value is -2.95. The predicted octanol–water partition coefficient (Wildman–Crippen LogP) is 0.0643. The molecule has 5 nitrogen and oxygen atoms in total. The van der Waals surface area contributed by atoms with Gasteiger partial charge in [0.15, 0.2) is 0 Å². The van der Waals surface area contributed by atoms with Crippen molar-refractivity contribution in [2.24, 2.45) is 0 Å². The van der Waals surface area contributed by atoms with Crippen LogP contribution in [0.5, 0.6) is 0 Å². The third-order valence-corrected chi connectivity index (χ3v) is 2.89. The molecule has 0 aliphatic rings. The van der Waals surface area contributed by atoms with Gasteiger partial charge in [-0.3, -0.25) is 0 Å². The summed E-state index contributed by atoms with van der Waals surface area (Å²) in [4.78, 5) is 26.0. The van der Waals surface area contributed by atoms with Crippen molar-refractivity contribution in [3.05, 3.63) is 59.3 Å². The molecule has 106 valence electrons. The lowest BCUT2D eigenvalue weighted by Crippen LogP contribution is -2.26. The molecule has 1 aromatic carbocycles. The van der Waals surface area contributed by atoms with Crippen LogP contribution in [-0.4, -0.2) is 16.9 Å². The van der Waals surface area contributed by atoms with Gasteiger partial charge in [0.2, 0.25) is 0 Å². The van der Waals surface area contributed by atoms with Crippen molar-refractivity contribution < 1.29 is 19.8 Å². The summed E-state index contributed by atoms with van der Waals surface area (Å²) < 4.78 is 0. The molecule has 1 aromatic heterocycles. The van der Waals surface area contributed by atoms with E-state index in [1.807, 2.05) is 18.2 Å². The fourth-order valence-corrected chi connectivity index (χ4v) is 1.90. The van der Waals surface area contributed by atoms with E-state index in [1.165, 1.54) is 13.0 Å². The van der Waals surface area contributed by atoms with E-state index < -0.39 is 11.9 Å². The van der Waals surface area contributed by atoms with Crippen LogP contribution in [0.3, 0.4) is 0 Å². The summed E-state index contributed by atoms with van der Waals surface area (Å²) in [6.45, 7) is 1.36. The number of hydrogen-bond donors (Lipinski definition) is 0. The first-order valence-electron chi connectivity index (χ1n) is 6.16. The Morgan fingerprint density at radius 3 is 2.48 bits per heavy atom. The highest BCUT2D eigenvalue weighted by atomic mass is 16.4. The zero-order chi connectivity index (χ0) is 15.4. The normalized spacial score (nSPS) is 12.4. The maximum Gasteiger partial charge on any atom is 0.0718 e. The van der Waals surface area contributed by atoms with Crippen molar-refractivity contribution in [2.45, 2.75) is 6.92 Å². The van der Waals surface area contributed by atoms with Crippen molar-refractivity contribution >= 4 is 28.9 Å². The Morgan fingerprint density at radius 1 is 1.10 bits per heavy atom. The molecule has 2 aromatic rings. The molecule has 2 rings (SSSR count). The number of pyridine rings is 1. The van der Waals surface area contributed by atoms with E-state index in [4.69, 9.17) is 0 Å². The molecule has 0 amide bonds. The number of hydrogen-bond acceptors (Lipinski definition) is 5. The van der Waals surface area contributed by atoms with Gasteiger partial charge in [0.05, 0.1) is 23.1 Å². The van der Waals surface area contributed by atoms with E-state index in [0.717, 1.165) is 5.39 Å². The third kappa shape index (κ3) is 3.54. The van der Waals surface area contributed by atoms with Crippen LogP contribution in [0.2, 0.25) is 0 Å². The number of aliphatic carboxylic acids is 2. The van der Waals surface area contributed by atoms with Gasteiger partial charge in [-0.1, -0.05) is 24.3 Å². The summed E-state index contributed by atoms with van der Waals surface area (Å²) in [7, 11) is 0. The van der Waals surface area contributed by atoms with Gasteiger partial charge in [0.1, 0.15) is 0 Å². The number of carbonyl (C=O) groups excluding carboxylic acids is 2. The zero-order valence-electron chi connectivity index (χ0n) is 11.2. The fourth-order valence-electron chi connectivity index (χ4n) is 1.90. The van der Waals surface area contributed by atoms with Gasteiger partial charge in [0.25, 0.3) is 0 Å². The minimum Gasteiger partial charge on any atom is -0.545 e. The first kappa shape index (κ1) is 14.5. The number of carbonyl (C=O) groups is 2. The number of carboxylic acids is 2. The van der Waals surface area contributed by atoms with E-state index in [9.17, 15) is 19.8 Å². The monoisotopic (exact) mass is 281 g/mol. The lowest BCUT2D eigenvalue weighted by atomic mass is 10.1. The van der Waals surface area contributed by atoms with Gasteiger partial charge in [-0.25, -0.2) is 4.98 Å². The molecule has 1 heterocycles. The van der Waals surface area contributed by atoms with Crippen LogP contribution in [-0.2, 0) is 9.59 Å². The average Bonchev–Trinajstić information content (AvgIpc) is 2.43. The van der Waals surface area contributed by atoms with Crippen molar-refractivity contribution in [2.75, 3.05) is 0 Å². The van der Waals surface area contributed by atoms with Crippen LogP contribution in [0.4, 0.5) is 0 Å². The number of benzene rings is 1. The van der Waals surface area contributed by atoms with E-state index in [0.29, 0.717) is 17.3 Å². The zero-order valence-corrected chi connectivity index (χ0v) is 11.2. The molecular weight excluding hydrogens is 270 g/mol. The SMILES string of the molecule is CC(=C/C(=O)[O-])/C(=C\c1ccc2ccccc2n1)C(=O)[O-]. The van der Waals surface area contributed by atoms with Crippen LogP contribution in [0.15, 0.2) is 53.6 Å². The Labute approximate surface area is 120 Å². The number of carboxylic acid groups (broad SMARTS) is 2. The van der Waals surface area contributed by atoms with Crippen molar-refractivity contribution in [3.8, 4) is 0 Å². The standard InChI is InChI=1S/C16H13NO4/c1-10(8-15(18)19)13(16(20)21)9-12-7-6-11-4-2-3-5-14(11)17-12/h2-9H,1H3,(H,18,19)(H,20,21)/p-2/b10-8-,13-9+. The first-order chi connectivity index (χ1) is 9.97. The number of aromatic nitrogens is 1. The molecule has 0 saturated heterocycles. The second kappa shape index (κ2) is 6.00. The highest BCUT2D eigenvalue weighted by Crippen LogP contribution is 2.16. The number of fused-ring (bicyclic) bond motifs is 1. The highest BCUT2D eigenvalue weighted by molar-refractivity contribution is 5.97. The van der Waals surface area contributed by atoms with E-state index >= 15 is 0 Å². The molecule has 0 fully saturated rings. The van der Waals surface area contributed by atoms with Gasteiger partial charge in [-0.05, 0) is 36.8 Å². The lowest BCUT2D eigenvalue weighted by Gasteiger charge is -2.10. The Bertz CT molecular complexity index is 775. The minimum absolute atomic E-state index is 0.0324. The summed E-state index contributed by atoms with van der Waals surface area (Å²) in [6.07, 6.45) is 1.99. The molecule has 21 heavy (non-hydrogen) atoms. The van der Waals surface area contributed by atoms with Gasteiger partial charge in [0, 0.05) is 11.0 Å². The van der Waals surface area contributed by atoms with Gasteiger partial charge in [-0.2, -0.15) is 0 Å². The molecule has 0 saturated carbocycles. The summed E-state index contributed by atoms with van der Waals surface area (Å²) >= 11 is 0. The molecule has 0 aliphatic carbocycles.